The zero-order valence-corrected chi connectivity index (χ0v) is 10.6. The van der Waals surface area contributed by atoms with Crippen molar-refractivity contribution in [2.75, 3.05) is 12.4 Å². The van der Waals surface area contributed by atoms with Gasteiger partial charge in [-0.3, -0.25) is 10.1 Å². The van der Waals surface area contributed by atoms with Gasteiger partial charge in [0.15, 0.2) is 0 Å². The van der Waals surface area contributed by atoms with Crippen LogP contribution >= 0.6 is 22.3 Å². The first-order valence-electron chi connectivity index (χ1n) is 4.28. The minimum absolute atomic E-state index is 0.0335. The van der Waals surface area contributed by atoms with Crippen LogP contribution < -0.4 is 4.74 Å². The maximum Gasteiger partial charge on any atom is 0.271 e. The lowest BCUT2D eigenvalue weighted by Crippen LogP contribution is -2.09. The molecular formula is C8H7Cl2NO5S. The Morgan fingerprint density at radius 1 is 1.41 bits per heavy atom. The molecule has 0 N–H and O–H groups in total. The second-order valence-electron chi connectivity index (χ2n) is 2.96. The van der Waals surface area contributed by atoms with Crippen LogP contribution in [-0.4, -0.2) is 25.7 Å². The summed E-state index contributed by atoms with van der Waals surface area (Å²) in [5, 5.41) is 10.5. The Balaban J connectivity index is 2.70. The largest absolute Gasteiger partial charge is 0.491 e. The molecule has 6 nitrogen and oxygen atoms in total. The third-order valence-electron chi connectivity index (χ3n) is 1.71. The molecule has 94 valence electrons. The molecule has 17 heavy (non-hydrogen) atoms. The number of benzene rings is 1. The van der Waals surface area contributed by atoms with Gasteiger partial charge in [-0.15, -0.1) is 0 Å². The highest BCUT2D eigenvalue weighted by Gasteiger charge is 2.11. The molecule has 0 heterocycles. The minimum Gasteiger partial charge on any atom is -0.491 e. The molecule has 0 amide bonds. The summed E-state index contributed by atoms with van der Waals surface area (Å²) in [6.07, 6.45) is 0. The second kappa shape index (κ2) is 5.52. The van der Waals surface area contributed by atoms with Crippen LogP contribution in [0.4, 0.5) is 5.69 Å². The standard InChI is InChI=1S/C8H7Cl2NO5S/c9-7-5-6(11(12)13)1-2-8(7)16-3-4-17(10,14)15/h1-2,5H,3-4H2. The fourth-order valence-corrected chi connectivity index (χ4v) is 1.67. The van der Waals surface area contributed by atoms with Crippen LogP contribution in [0.25, 0.3) is 0 Å². The molecule has 9 heteroatoms. The molecule has 0 bridgehead atoms. The normalized spacial score (nSPS) is 11.2. The van der Waals surface area contributed by atoms with Crippen LogP contribution in [0.15, 0.2) is 18.2 Å². The SMILES string of the molecule is O=[N+]([O-])c1ccc(OCCS(=O)(=O)Cl)c(Cl)c1. The summed E-state index contributed by atoms with van der Waals surface area (Å²) in [6, 6.07) is 3.61. The first kappa shape index (κ1) is 14.0. The van der Waals surface area contributed by atoms with Gasteiger partial charge < -0.3 is 4.74 Å². The Labute approximate surface area is 107 Å². The summed E-state index contributed by atoms with van der Waals surface area (Å²) >= 11 is 5.71. The van der Waals surface area contributed by atoms with Gasteiger partial charge in [-0.25, -0.2) is 8.42 Å². The van der Waals surface area contributed by atoms with E-state index in [2.05, 4.69) is 0 Å². The fraction of sp³-hybridized carbons (Fsp3) is 0.250. The van der Waals surface area contributed by atoms with Gasteiger partial charge in [-0.2, -0.15) is 0 Å². The van der Waals surface area contributed by atoms with Crippen molar-refractivity contribution in [3.05, 3.63) is 33.3 Å². The van der Waals surface area contributed by atoms with Gasteiger partial charge in [0.1, 0.15) is 12.4 Å². The average Bonchev–Trinajstić information content (AvgIpc) is 2.18. The van der Waals surface area contributed by atoms with Crippen LogP contribution in [0.3, 0.4) is 0 Å². The lowest BCUT2D eigenvalue weighted by molar-refractivity contribution is -0.384. The molecule has 0 aliphatic heterocycles. The quantitative estimate of drug-likeness (QED) is 0.472. The number of nitrogens with zero attached hydrogens (tertiary/aromatic N) is 1. The van der Waals surface area contributed by atoms with Gasteiger partial charge in [0, 0.05) is 22.8 Å². The summed E-state index contributed by atoms with van der Waals surface area (Å²) in [6.45, 7) is -0.177. The second-order valence-corrected chi connectivity index (χ2v) is 6.27. The zero-order chi connectivity index (χ0) is 13.1. The van der Waals surface area contributed by atoms with Gasteiger partial charge in [-0.1, -0.05) is 11.6 Å². The Kier molecular flexibility index (Phi) is 4.55. The number of ether oxygens (including phenoxy) is 1. The molecule has 0 radical (unpaired) electrons. The highest BCUT2D eigenvalue weighted by Crippen LogP contribution is 2.28. The number of non-ortho nitro benzene ring substituents is 1. The monoisotopic (exact) mass is 299 g/mol. The number of hydrogen-bond acceptors (Lipinski definition) is 5. The zero-order valence-electron chi connectivity index (χ0n) is 8.30. The highest BCUT2D eigenvalue weighted by molar-refractivity contribution is 8.13. The Morgan fingerprint density at radius 3 is 2.53 bits per heavy atom. The van der Waals surface area contributed by atoms with Gasteiger partial charge in [0.05, 0.1) is 15.7 Å². The van der Waals surface area contributed by atoms with Gasteiger partial charge in [0.2, 0.25) is 9.05 Å². The molecule has 1 aromatic rings. The van der Waals surface area contributed by atoms with Crippen LogP contribution in [0.2, 0.25) is 5.02 Å². The Morgan fingerprint density at radius 2 is 2.06 bits per heavy atom. The third kappa shape index (κ3) is 4.76. The summed E-state index contributed by atoms with van der Waals surface area (Å²) in [7, 11) is 1.34. The number of nitro benzene ring substituents is 1. The smallest absolute Gasteiger partial charge is 0.271 e. The van der Waals surface area contributed by atoms with E-state index in [9.17, 15) is 18.5 Å². The lowest BCUT2D eigenvalue weighted by Gasteiger charge is -2.06. The number of hydrogen-bond donors (Lipinski definition) is 0. The Bertz CT molecular complexity index is 531. The molecule has 0 saturated heterocycles. The molecule has 0 spiro atoms. The van der Waals surface area contributed by atoms with Crippen molar-refractivity contribution < 1.29 is 18.1 Å². The van der Waals surface area contributed by atoms with Crippen molar-refractivity contribution in [2.24, 2.45) is 0 Å². The van der Waals surface area contributed by atoms with E-state index >= 15 is 0 Å². The van der Waals surface area contributed by atoms with E-state index in [1.165, 1.54) is 12.1 Å². The maximum atomic E-state index is 10.6. The van der Waals surface area contributed by atoms with E-state index < -0.39 is 14.0 Å². The van der Waals surface area contributed by atoms with Crippen molar-refractivity contribution >= 4 is 37.0 Å². The maximum absolute atomic E-state index is 10.6. The van der Waals surface area contributed by atoms with Gasteiger partial charge >= 0.3 is 0 Å². The molecular weight excluding hydrogens is 293 g/mol. The molecule has 1 aromatic carbocycles. The fourth-order valence-electron chi connectivity index (χ4n) is 0.972. The molecule has 0 aliphatic carbocycles. The predicted molar refractivity (Wildman–Crippen MR) is 63.2 cm³/mol. The summed E-state index contributed by atoms with van der Waals surface area (Å²) in [5.74, 6) is -0.209. The summed E-state index contributed by atoms with van der Waals surface area (Å²) < 4.78 is 26.3. The van der Waals surface area contributed by atoms with E-state index in [1.807, 2.05) is 0 Å². The molecule has 1 rings (SSSR count). The number of nitro groups is 1. The van der Waals surface area contributed by atoms with E-state index in [4.69, 9.17) is 27.0 Å². The summed E-state index contributed by atoms with van der Waals surface area (Å²) in [5.41, 5.74) is -0.174. The number of rotatable bonds is 5. The minimum atomic E-state index is -3.63. The molecule has 0 saturated carbocycles. The van der Waals surface area contributed by atoms with Crippen LogP contribution in [0.5, 0.6) is 5.75 Å². The first-order valence-corrected chi connectivity index (χ1v) is 7.14. The van der Waals surface area contributed by atoms with Gasteiger partial charge in [-0.05, 0) is 6.07 Å². The van der Waals surface area contributed by atoms with E-state index in [1.54, 1.807) is 0 Å². The van der Waals surface area contributed by atoms with Crippen molar-refractivity contribution in [3.8, 4) is 5.75 Å². The predicted octanol–water partition coefficient (Wildman–Crippen LogP) is 2.20. The van der Waals surface area contributed by atoms with Crippen LogP contribution in [-0.2, 0) is 9.05 Å². The third-order valence-corrected chi connectivity index (χ3v) is 3.12. The van der Waals surface area contributed by atoms with Crippen molar-refractivity contribution in [1.29, 1.82) is 0 Å². The Hall–Kier alpha value is -1.05. The lowest BCUT2D eigenvalue weighted by atomic mass is 10.3. The van der Waals surface area contributed by atoms with Crippen molar-refractivity contribution in [2.45, 2.75) is 0 Å². The van der Waals surface area contributed by atoms with Crippen molar-refractivity contribution in [1.82, 2.24) is 0 Å². The molecule has 0 aliphatic rings. The molecule has 0 atom stereocenters. The van der Waals surface area contributed by atoms with Gasteiger partial charge in [0.25, 0.3) is 5.69 Å². The first-order chi connectivity index (χ1) is 7.79. The molecule has 0 unspecified atom stereocenters. The van der Waals surface area contributed by atoms with E-state index in [0.717, 1.165) is 6.07 Å². The topological polar surface area (TPSA) is 86.5 Å². The van der Waals surface area contributed by atoms with E-state index in [0.29, 0.717) is 0 Å². The van der Waals surface area contributed by atoms with E-state index in [-0.39, 0.29) is 28.8 Å². The summed E-state index contributed by atoms with van der Waals surface area (Å²) in [4.78, 5) is 9.82. The van der Waals surface area contributed by atoms with Crippen LogP contribution in [0, 0.1) is 10.1 Å². The molecule has 0 fully saturated rings. The van der Waals surface area contributed by atoms with Crippen LogP contribution in [0.1, 0.15) is 0 Å². The average molecular weight is 300 g/mol. The highest BCUT2D eigenvalue weighted by atomic mass is 35.7. The number of halogens is 2. The molecule has 0 aromatic heterocycles. The van der Waals surface area contributed by atoms with Crippen molar-refractivity contribution in [3.63, 3.8) is 0 Å².